The topological polar surface area (TPSA) is 54.3 Å². The van der Waals surface area contributed by atoms with Gasteiger partial charge in [0.25, 0.3) is 0 Å². The fraction of sp³-hybridized carbons (Fsp3) is 0.533. The zero-order chi connectivity index (χ0) is 13.1. The van der Waals surface area contributed by atoms with Gasteiger partial charge in [-0.3, -0.25) is 0 Å². The van der Waals surface area contributed by atoms with Crippen LogP contribution in [0.25, 0.3) is 0 Å². The van der Waals surface area contributed by atoms with E-state index in [0.29, 0.717) is 13.2 Å². The average molecular weight is 260 g/mol. The van der Waals surface area contributed by atoms with Gasteiger partial charge in [-0.05, 0) is 18.6 Å². The van der Waals surface area contributed by atoms with E-state index in [1.165, 1.54) is 0 Å². The molecule has 1 saturated carbocycles. The van der Waals surface area contributed by atoms with Gasteiger partial charge in [0.1, 0.15) is 0 Å². The van der Waals surface area contributed by atoms with Gasteiger partial charge in [0.2, 0.25) is 0 Å². The number of nitrogens with one attached hydrogen (secondary N) is 2. The van der Waals surface area contributed by atoms with Crippen LogP contribution in [0.15, 0.2) is 30.3 Å². The van der Waals surface area contributed by atoms with E-state index in [-0.39, 0.29) is 5.92 Å². The third kappa shape index (κ3) is 2.80. The second-order valence-corrected chi connectivity index (χ2v) is 5.28. The van der Waals surface area contributed by atoms with E-state index in [4.69, 9.17) is 14.9 Å². The Morgan fingerprint density at radius 1 is 1.21 bits per heavy atom. The standard InChI is InChI=1S/C15H20N2O2/c16-14-6-7-15(18-8-9-19-15)10-12(14)11-17-13-4-2-1-3-5-13/h1-5,12,16-17H,6-11H2. The van der Waals surface area contributed by atoms with Crippen LogP contribution in [-0.2, 0) is 9.47 Å². The van der Waals surface area contributed by atoms with Gasteiger partial charge in [-0.25, -0.2) is 0 Å². The molecular weight excluding hydrogens is 240 g/mol. The van der Waals surface area contributed by atoms with Gasteiger partial charge in [0.05, 0.1) is 13.2 Å². The fourth-order valence-electron chi connectivity index (χ4n) is 2.88. The van der Waals surface area contributed by atoms with Crippen LogP contribution in [0.3, 0.4) is 0 Å². The van der Waals surface area contributed by atoms with Crippen molar-refractivity contribution in [2.24, 2.45) is 5.92 Å². The van der Waals surface area contributed by atoms with E-state index >= 15 is 0 Å². The number of hydrogen-bond acceptors (Lipinski definition) is 4. The van der Waals surface area contributed by atoms with Gasteiger partial charge < -0.3 is 20.2 Å². The summed E-state index contributed by atoms with van der Waals surface area (Å²) in [5, 5.41) is 11.5. The smallest absolute Gasteiger partial charge is 0.169 e. The van der Waals surface area contributed by atoms with Crippen LogP contribution in [-0.4, -0.2) is 31.3 Å². The summed E-state index contributed by atoms with van der Waals surface area (Å²) >= 11 is 0. The molecule has 19 heavy (non-hydrogen) atoms. The minimum absolute atomic E-state index is 0.201. The summed E-state index contributed by atoms with van der Waals surface area (Å²) in [5.74, 6) is -0.208. The highest BCUT2D eigenvalue weighted by molar-refractivity contribution is 5.85. The molecule has 1 aromatic carbocycles. The zero-order valence-electron chi connectivity index (χ0n) is 11.0. The first kappa shape index (κ1) is 12.6. The number of para-hydroxylation sites is 1. The van der Waals surface area contributed by atoms with Crippen LogP contribution < -0.4 is 5.32 Å². The zero-order valence-corrected chi connectivity index (χ0v) is 11.0. The number of benzene rings is 1. The van der Waals surface area contributed by atoms with Crippen molar-refractivity contribution in [3.05, 3.63) is 30.3 Å². The Bertz CT molecular complexity index is 441. The lowest BCUT2D eigenvalue weighted by Crippen LogP contribution is -2.42. The monoisotopic (exact) mass is 260 g/mol. The Kier molecular flexibility index (Phi) is 3.53. The summed E-state index contributed by atoms with van der Waals surface area (Å²) in [6.45, 7) is 2.15. The highest BCUT2D eigenvalue weighted by atomic mass is 16.7. The Hall–Kier alpha value is -1.39. The first-order chi connectivity index (χ1) is 9.27. The van der Waals surface area contributed by atoms with Gasteiger partial charge >= 0.3 is 0 Å². The van der Waals surface area contributed by atoms with Crippen LogP contribution in [0.2, 0.25) is 0 Å². The number of rotatable bonds is 3. The highest BCUT2D eigenvalue weighted by Gasteiger charge is 2.43. The first-order valence-corrected chi connectivity index (χ1v) is 6.92. The molecule has 2 fully saturated rings. The molecule has 3 rings (SSSR count). The molecule has 2 N–H and O–H groups in total. The largest absolute Gasteiger partial charge is 0.384 e. The van der Waals surface area contributed by atoms with Crippen LogP contribution in [0, 0.1) is 11.3 Å². The first-order valence-electron chi connectivity index (χ1n) is 6.92. The number of ether oxygens (including phenoxy) is 2. The van der Waals surface area contributed by atoms with E-state index in [1.54, 1.807) is 0 Å². The molecule has 1 heterocycles. The second-order valence-electron chi connectivity index (χ2n) is 5.28. The van der Waals surface area contributed by atoms with Crippen molar-refractivity contribution in [2.45, 2.75) is 25.0 Å². The van der Waals surface area contributed by atoms with Crippen molar-refractivity contribution in [3.63, 3.8) is 0 Å². The molecule has 1 saturated heterocycles. The molecule has 2 aliphatic rings. The van der Waals surface area contributed by atoms with Crippen molar-refractivity contribution < 1.29 is 9.47 Å². The van der Waals surface area contributed by atoms with Crippen molar-refractivity contribution in [1.29, 1.82) is 5.41 Å². The summed E-state index contributed by atoms with van der Waals surface area (Å²) in [7, 11) is 0. The Labute approximate surface area is 113 Å². The molecule has 4 nitrogen and oxygen atoms in total. The highest BCUT2D eigenvalue weighted by Crippen LogP contribution is 2.37. The lowest BCUT2D eigenvalue weighted by Gasteiger charge is -2.36. The summed E-state index contributed by atoms with van der Waals surface area (Å²) < 4.78 is 11.5. The summed E-state index contributed by atoms with van der Waals surface area (Å²) in [4.78, 5) is 0. The van der Waals surface area contributed by atoms with E-state index < -0.39 is 5.79 Å². The number of anilines is 1. The summed E-state index contributed by atoms with van der Waals surface area (Å²) in [5.41, 5.74) is 1.91. The van der Waals surface area contributed by atoms with Gasteiger partial charge in [-0.1, -0.05) is 18.2 Å². The normalized spacial score (nSPS) is 25.7. The third-order valence-corrected chi connectivity index (χ3v) is 3.97. The van der Waals surface area contributed by atoms with E-state index in [1.807, 2.05) is 30.3 Å². The maximum Gasteiger partial charge on any atom is 0.169 e. The van der Waals surface area contributed by atoms with E-state index in [9.17, 15) is 0 Å². The molecule has 0 bridgehead atoms. The average Bonchev–Trinajstić information content (AvgIpc) is 2.90. The summed E-state index contributed by atoms with van der Waals surface area (Å²) in [6.07, 6.45) is 2.40. The van der Waals surface area contributed by atoms with Gasteiger partial charge in [-0.15, -0.1) is 0 Å². The molecule has 0 radical (unpaired) electrons. The quantitative estimate of drug-likeness (QED) is 0.878. The minimum Gasteiger partial charge on any atom is -0.384 e. The van der Waals surface area contributed by atoms with Crippen molar-refractivity contribution in [3.8, 4) is 0 Å². The minimum atomic E-state index is -0.409. The van der Waals surface area contributed by atoms with Crippen molar-refractivity contribution >= 4 is 11.4 Å². The Balaban J connectivity index is 1.61. The Morgan fingerprint density at radius 3 is 2.68 bits per heavy atom. The molecule has 0 amide bonds. The van der Waals surface area contributed by atoms with Crippen LogP contribution in [0.5, 0.6) is 0 Å². The lowest BCUT2D eigenvalue weighted by atomic mass is 9.83. The van der Waals surface area contributed by atoms with Gasteiger partial charge in [0.15, 0.2) is 5.79 Å². The molecule has 1 aliphatic heterocycles. The maximum atomic E-state index is 8.11. The van der Waals surface area contributed by atoms with Gasteiger partial charge in [0, 0.05) is 36.7 Å². The fourth-order valence-corrected chi connectivity index (χ4v) is 2.88. The van der Waals surface area contributed by atoms with E-state index in [0.717, 1.165) is 37.2 Å². The molecule has 0 aromatic heterocycles. The van der Waals surface area contributed by atoms with Crippen LogP contribution in [0.4, 0.5) is 5.69 Å². The van der Waals surface area contributed by atoms with Crippen molar-refractivity contribution in [1.82, 2.24) is 0 Å². The predicted molar refractivity (Wildman–Crippen MR) is 74.6 cm³/mol. The second kappa shape index (κ2) is 5.31. The third-order valence-electron chi connectivity index (χ3n) is 3.97. The molecule has 1 aliphatic carbocycles. The van der Waals surface area contributed by atoms with Gasteiger partial charge in [-0.2, -0.15) is 0 Å². The van der Waals surface area contributed by atoms with Crippen LogP contribution in [0.1, 0.15) is 19.3 Å². The van der Waals surface area contributed by atoms with E-state index in [2.05, 4.69) is 5.32 Å². The molecule has 1 unspecified atom stereocenters. The molecule has 4 heteroatoms. The molecule has 1 aromatic rings. The number of hydrogen-bond donors (Lipinski definition) is 2. The predicted octanol–water partition coefficient (Wildman–Crippen LogP) is 2.66. The maximum absolute atomic E-state index is 8.11. The molecular formula is C15H20N2O2. The van der Waals surface area contributed by atoms with Crippen molar-refractivity contribution in [2.75, 3.05) is 25.1 Å². The molecule has 1 atom stereocenters. The molecule has 1 spiro atoms. The SMILES string of the molecule is N=C1CCC2(CC1CNc1ccccc1)OCCO2. The lowest BCUT2D eigenvalue weighted by molar-refractivity contribution is -0.174. The van der Waals surface area contributed by atoms with Crippen LogP contribution >= 0.6 is 0 Å². The summed E-state index contributed by atoms with van der Waals surface area (Å²) in [6, 6.07) is 10.1. The molecule has 102 valence electrons. The Morgan fingerprint density at radius 2 is 1.95 bits per heavy atom.